The molecule has 1 aliphatic carbocycles. The van der Waals surface area contributed by atoms with E-state index in [2.05, 4.69) is 6.08 Å². The van der Waals surface area contributed by atoms with Gasteiger partial charge < -0.3 is 5.11 Å². The summed E-state index contributed by atoms with van der Waals surface area (Å²) in [5.74, 6) is -0.984. The van der Waals surface area contributed by atoms with Crippen LogP contribution in [0.1, 0.15) is 54.1 Å². The summed E-state index contributed by atoms with van der Waals surface area (Å²) in [6.07, 6.45) is 6.58. The molecule has 0 bridgehead atoms. The van der Waals surface area contributed by atoms with E-state index in [0.717, 1.165) is 29.2 Å². The van der Waals surface area contributed by atoms with Gasteiger partial charge >= 0.3 is 5.97 Å². The molecule has 1 aromatic rings. The van der Waals surface area contributed by atoms with E-state index in [1.807, 2.05) is 13.8 Å². The van der Waals surface area contributed by atoms with Crippen LogP contribution in [0.3, 0.4) is 0 Å². The first-order chi connectivity index (χ1) is 9.00. The van der Waals surface area contributed by atoms with Crippen molar-refractivity contribution >= 4 is 28.6 Å². The molecule has 2 N–H and O–H groups in total. The van der Waals surface area contributed by atoms with E-state index in [-0.39, 0.29) is 10.9 Å². The minimum absolute atomic E-state index is 0.152. The number of thiophene rings is 1. The molecule has 1 heterocycles. The van der Waals surface area contributed by atoms with Crippen molar-refractivity contribution < 1.29 is 15.1 Å². The number of carboxylic acid groups (broad SMARTS) is 1. The van der Waals surface area contributed by atoms with Gasteiger partial charge in [0.2, 0.25) is 0 Å². The van der Waals surface area contributed by atoms with Crippen molar-refractivity contribution in [3.63, 3.8) is 0 Å². The van der Waals surface area contributed by atoms with Gasteiger partial charge in [-0.05, 0) is 51.2 Å². The van der Waals surface area contributed by atoms with Gasteiger partial charge in [0.05, 0.1) is 11.7 Å². The zero-order valence-electron chi connectivity index (χ0n) is 11.2. The lowest BCUT2D eigenvalue weighted by Crippen LogP contribution is -2.27. The number of hydroxylamine groups is 1. The quantitative estimate of drug-likeness (QED) is 0.819. The molecule has 0 spiro atoms. The van der Waals surface area contributed by atoms with Crippen molar-refractivity contribution in [3.05, 3.63) is 21.9 Å². The van der Waals surface area contributed by atoms with Gasteiger partial charge in [-0.1, -0.05) is 6.08 Å². The summed E-state index contributed by atoms with van der Waals surface area (Å²) < 4.78 is 0. The molecule has 19 heavy (non-hydrogen) atoms. The van der Waals surface area contributed by atoms with E-state index in [0.29, 0.717) is 5.69 Å². The molecular weight excluding hydrogens is 262 g/mol. The van der Waals surface area contributed by atoms with Crippen molar-refractivity contribution in [1.82, 2.24) is 0 Å². The van der Waals surface area contributed by atoms with E-state index < -0.39 is 5.97 Å². The molecule has 0 atom stereocenters. The lowest BCUT2D eigenvalue weighted by molar-refractivity contribution is 0.0700. The zero-order valence-corrected chi connectivity index (χ0v) is 12.0. The van der Waals surface area contributed by atoms with E-state index in [9.17, 15) is 15.1 Å². The second-order valence-corrected chi connectivity index (χ2v) is 6.10. The van der Waals surface area contributed by atoms with Crippen LogP contribution >= 0.6 is 11.3 Å². The molecule has 104 valence electrons. The van der Waals surface area contributed by atoms with Crippen molar-refractivity contribution in [2.45, 2.75) is 45.6 Å². The van der Waals surface area contributed by atoms with Gasteiger partial charge in [0.1, 0.15) is 4.88 Å². The molecule has 0 aromatic carbocycles. The van der Waals surface area contributed by atoms with Crippen LogP contribution in [0.4, 0.5) is 5.69 Å². The minimum atomic E-state index is -0.984. The number of hydrogen-bond donors (Lipinski definition) is 2. The summed E-state index contributed by atoms with van der Waals surface area (Å²) in [5.41, 5.74) is 1.61. The highest BCUT2D eigenvalue weighted by atomic mass is 32.1. The second-order valence-electron chi connectivity index (χ2n) is 5.04. The van der Waals surface area contributed by atoms with Gasteiger partial charge in [0.25, 0.3) is 0 Å². The SMILES string of the molecule is CC(C)N(O)c1cc(C2=CCCCC2)sc1C(=O)O. The molecule has 0 fully saturated rings. The molecular formula is C14H19NO3S. The Labute approximate surface area is 116 Å². The lowest BCUT2D eigenvalue weighted by atomic mass is 9.98. The number of carbonyl (C=O) groups is 1. The van der Waals surface area contributed by atoms with Crippen LogP contribution in [0.5, 0.6) is 0 Å². The molecule has 0 unspecified atom stereocenters. The van der Waals surface area contributed by atoms with Crippen molar-refractivity contribution in [2.75, 3.05) is 5.06 Å². The van der Waals surface area contributed by atoms with Crippen molar-refractivity contribution in [1.29, 1.82) is 0 Å². The maximum Gasteiger partial charge on any atom is 0.348 e. The van der Waals surface area contributed by atoms with E-state index in [4.69, 9.17) is 0 Å². The first-order valence-electron chi connectivity index (χ1n) is 6.55. The summed E-state index contributed by atoms with van der Waals surface area (Å²) in [7, 11) is 0. The average Bonchev–Trinajstić information content (AvgIpc) is 2.83. The van der Waals surface area contributed by atoms with E-state index in [1.54, 1.807) is 6.07 Å². The molecule has 5 heteroatoms. The van der Waals surface area contributed by atoms with Gasteiger partial charge in [-0.25, -0.2) is 4.79 Å². The molecule has 0 amide bonds. The summed E-state index contributed by atoms with van der Waals surface area (Å²) in [5, 5.41) is 20.3. The molecule has 0 saturated heterocycles. The third-order valence-electron chi connectivity index (χ3n) is 3.25. The van der Waals surface area contributed by atoms with Gasteiger partial charge in [-0.2, -0.15) is 0 Å². The fourth-order valence-electron chi connectivity index (χ4n) is 2.20. The Kier molecular flexibility index (Phi) is 4.27. The summed E-state index contributed by atoms with van der Waals surface area (Å²) in [4.78, 5) is 12.5. The Morgan fingerprint density at radius 2 is 2.16 bits per heavy atom. The molecule has 0 radical (unpaired) electrons. The Morgan fingerprint density at radius 1 is 1.42 bits per heavy atom. The lowest BCUT2D eigenvalue weighted by Gasteiger charge is -2.20. The number of allylic oxidation sites excluding steroid dienone is 2. The Hall–Kier alpha value is -1.33. The zero-order chi connectivity index (χ0) is 14.0. The fraction of sp³-hybridized carbons (Fsp3) is 0.500. The maximum absolute atomic E-state index is 11.3. The standard InChI is InChI=1S/C14H19NO3S/c1-9(2)15(18)11-8-12(19-13(11)14(16)17)10-6-4-3-5-7-10/h6,8-9,18H,3-5,7H2,1-2H3,(H,16,17). The third kappa shape index (κ3) is 2.98. The Balaban J connectivity index is 2.40. The number of rotatable bonds is 4. The van der Waals surface area contributed by atoms with Crippen molar-refractivity contribution in [2.24, 2.45) is 0 Å². The van der Waals surface area contributed by atoms with Gasteiger partial charge in [-0.3, -0.25) is 10.3 Å². The second kappa shape index (κ2) is 5.75. The number of aromatic carboxylic acids is 1. The average molecular weight is 281 g/mol. The minimum Gasteiger partial charge on any atom is -0.477 e. The van der Waals surface area contributed by atoms with Gasteiger partial charge in [-0.15, -0.1) is 11.3 Å². The molecule has 4 nitrogen and oxygen atoms in total. The largest absolute Gasteiger partial charge is 0.477 e. The van der Waals surface area contributed by atoms with Crippen LogP contribution < -0.4 is 5.06 Å². The van der Waals surface area contributed by atoms with Gasteiger partial charge in [0, 0.05) is 4.88 Å². The Bertz CT molecular complexity index is 505. The molecule has 0 saturated carbocycles. The highest BCUT2D eigenvalue weighted by Crippen LogP contribution is 2.37. The summed E-state index contributed by atoms with van der Waals surface area (Å²) in [6.45, 7) is 3.64. The van der Waals surface area contributed by atoms with Crippen molar-refractivity contribution in [3.8, 4) is 0 Å². The molecule has 1 aliphatic rings. The number of hydrogen-bond acceptors (Lipinski definition) is 4. The van der Waals surface area contributed by atoms with Crippen LogP contribution in [-0.2, 0) is 0 Å². The topological polar surface area (TPSA) is 60.8 Å². The third-order valence-corrected chi connectivity index (χ3v) is 4.44. The first kappa shape index (κ1) is 14.1. The number of carboxylic acids is 1. The maximum atomic E-state index is 11.3. The van der Waals surface area contributed by atoms with Crippen LogP contribution in [0.25, 0.3) is 5.57 Å². The normalized spacial score (nSPS) is 15.5. The van der Waals surface area contributed by atoms with E-state index >= 15 is 0 Å². The fourth-order valence-corrected chi connectivity index (χ4v) is 3.25. The highest BCUT2D eigenvalue weighted by Gasteiger charge is 2.22. The monoisotopic (exact) mass is 281 g/mol. The predicted octanol–water partition coefficient (Wildman–Crippen LogP) is 4.01. The number of anilines is 1. The first-order valence-corrected chi connectivity index (χ1v) is 7.37. The van der Waals surface area contributed by atoms with E-state index in [1.165, 1.54) is 23.3 Å². The molecule has 2 rings (SSSR count). The summed E-state index contributed by atoms with van der Waals surface area (Å²) >= 11 is 1.25. The van der Waals surface area contributed by atoms with Crippen LogP contribution in [0, 0.1) is 0 Å². The predicted molar refractivity (Wildman–Crippen MR) is 77.1 cm³/mol. The highest BCUT2D eigenvalue weighted by molar-refractivity contribution is 7.15. The van der Waals surface area contributed by atoms with Gasteiger partial charge in [0.15, 0.2) is 0 Å². The Morgan fingerprint density at radius 3 is 2.68 bits per heavy atom. The van der Waals surface area contributed by atoms with Crippen LogP contribution in [0.15, 0.2) is 12.1 Å². The van der Waals surface area contributed by atoms with Crippen LogP contribution in [0.2, 0.25) is 0 Å². The smallest absolute Gasteiger partial charge is 0.348 e. The molecule has 0 aliphatic heterocycles. The number of nitrogens with zero attached hydrogens (tertiary/aromatic N) is 1. The summed E-state index contributed by atoms with van der Waals surface area (Å²) in [6, 6.07) is 1.64. The molecule has 1 aromatic heterocycles. The van der Waals surface area contributed by atoms with Crippen LogP contribution in [-0.4, -0.2) is 22.3 Å².